The SMILES string of the molecule is Cc1cccc(NS(=O)(=O)c2cc(C(=O)Nc3c(C)cccc3C)ccc2Cl)c1C. The predicted molar refractivity (Wildman–Crippen MR) is 122 cm³/mol. The van der Waals surface area contributed by atoms with E-state index in [9.17, 15) is 13.2 Å². The van der Waals surface area contributed by atoms with Crippen molar-refractivity contribution in [3.63, 3.8) is 0 Å². The molecular weight excluding hydrogens is 420 g/mol. The summed E-state index contributed by atoms with van der Waals surface area (Å²) in [7, 11) is -3.99. The van der Waals surface area contributed by atoms with E-state index >= 15 is 0 Å². The molecule has 3 aromatic carbocycles. The van der Waals surface area contributed by atoms with Gasteiger partial charge in [0, 0.05) is 11.3 Å². The standard InChI is InChI=1S/C23H23ClN2O3S/c1-14-7-6-10-20(17(14)4)26-30(28,29)21-13-18(11-12-19(21)24)23(27)25-22-15(2)8-5-9-16(22)3/h5-13,26H,1-4H3,(H,25,27). The molecule has 3 aromatic rings. The number of amides is 1. The molecule has 0 radical (unpaired) electrons. The highest BCUT2D eigenvalue weighted by atomic mass is 35.5. The molecule has 3 rings (SSSR count). The lowest BCUT2D eigenvalue weighted by Gasteiger charge is -2.15. The summed E-state index contributed by atoms with van der Waals surface area (Å²) in [5.74, 6) is -0.410. The summed E-state index contributed by atoms with van der Waals surface area (Å²) in [5.41, 5.74) is 4.99. The fraction of sp³-hybridized carbons (Fsp3) is 0.174. The van der Waals surface area contributed by atoms with Crippen molar-refractivity contribution in [2.45, 2.75) is 32.6 Å². The maximum atomic E-state index is 13.0. The summed E-state index contributed by atoms with van der Waals surface area (Å²) in [6.07, 6.45) is 0. The summed E-state index contributed by atoms with van der Waals surface area (Å²) in [6, 6.07) is 15.3. The molecule has 0 fully saturated rings. The third-order valence-electron chi connectivity index (χ3n) is 5.05. The van der Waals surface area contributed by atoms with Crippen LogP contribution in [-0.4, -0.2) is 14.3 Å². The van der Waals surface area contributed by atoms with Crippen LogP contribution in [0.5, 0.6) is 0 Å². The van der Waals surface area contributed by atoms with Gasteiger partial charge >= 0.3 is 0 Å². The van der Waals surface area contributed by atoms with E-state index in [1.165, 1.54) is 18.2 Å². The zero-order chi connectivity index (χ0) is 22.1. The first-order valence-corrected chi connectivity index (χ1v) is 11.2. The van der Waals surface area contributed by atoms with Crippen molar-refractivity contribution < 1.29 is 13.2 Å². The molecule has 0 bridgehead atoms. The molecule has 5 nitrogen and oxygen atoms in total. The van der Waals surface area contributed by atoms with Crippen LogP contribution in [0.2, 0.25) is 5.02 Å². The van der Waals surface area contributed by atoms with Gasteiger partial charge in [-0.1, -0.05) is 41.9 Å². The Bertz CT molecular complexity index is 1220. The molecule has 7 heteroatoms. The van der Waals surface area contributed by atoms with Gasteiger partial charge < -0.3 is 5.32 Å². The topological polar surface area (TPSA) is 75.3 Å². The van der Waals surface area contributed by atoms with Gasteiger partial charge in [-0.2, -0.15) is 0 Å². The lowest BCUT2D eigenvalue weighted by atomic mass is 10.1. The Labute approximate surface area is 182 Å². The van der Waals surface area contributed by atoms with Crippen LogP contribution < -0.4 is 10.0 Å². The monoisotopic (exact) mass is 442 g/mol. The van der Waals surface area contributed by atoms with Crippen LogP contribution in [0.15, 0.2) is 59.5 Å². The van der Waals surface area contributed by atoms with Crippen molar-refractivity contribution in [1.29, 1.82) is 0 Å². The number of carbonyl (C=O) groups excluding carboxylic acids is 1. The summed E-state index contributed by atoms with van der Waals surface area (Å²) in [5, 5.41) is 2.90. The Balaban J connectivity index is 1.94. The number of para-hydroxylation sites is 1. The Morgan fingerprint density at radius 2 is 1.47 bits per heavy atom. The molecule has 0 aliphatic carbocycles. The van der Waals surface area contributed by atoms with E-state index in [1.54, 1.807) is 12.1 Å². The molecule has 0 aliphatic heterocycles. The first-order chi connectivity index (χ1) is 14.1. The highest BCUT2D eigenvalue weighted by Crippen LogP contribution is 2.28. The number of carbonyl (C=O) groups is 1. The number of benzene rings is 3. The van der Waals surface area contributed by atoms with Crippen molar-refractivity contribution in [2.24, 2.45) is 0 Å². The average molecular weight is 443 g/mol. The van der Waals surface area contributed by atoms with Gasteiger partial charge in [0.25, 0.3) is 15.9 Å². The fourth-order valence-corrected chi connectivity index (χ4v) is 4.76. The highest BCUT2D eigenvalue weighted by Gasteiger charge is 2.22. The summed E-state index contributed by atoms with van der Waals surface area (Å²) in [4.78, 5) is 12.6. The van der Waals surface area contributed by atoms with E-state index in [4.69, 9.17) is 11.6 Å². The van der Waals surface area contributed by atoms with Crippen LogP contribution in [0.4, 0.5) is 11.4 Å². The number of anilines is 2. The van der Waals surface area contributed by atoms with Crippen LogP contribution in [0.1, 0.15) is 32.6 Å². The summed E-state index contributed by atoms with van der Waals surface area (Å²) in [6.45, 7) is 7.53. The molecule has 2 N–H and O–H groups in total. The van der Waals surface area contributed by atoms with Crippen LogP contribution in [0, 0.1) is 27.7 Å². The molecule has 0 saturated heterocycles. The normalized spacial score (nSPS) is 11.2. The minimum Gasteiger partial charge on any atom is -0.322 e. The second kappa shape index (κ2) is 8.50. The Morgan fingerprint density at radius 3 is 2.13 bits per heavy atom. The van der Waals surface area contributed by atoms with Crippen molar-refractivity contribution >= 4 is 38.9 Å². The van der Waals surface area contributed by atoms with Crippen LogP contribution in [0.3, 0.4) is 0 Å². The third-order valence-corrected chi connectivity index (χ3v) is 6.90. The Kier molecular flexibility index (Phi) is 6.19. The summed E-state index contributed by atoms with van der Waals surface area (Å²) < 4.78 is 28.6. The van der Waals surface area contributed by atoms with E-state index in [0.29, 0.717) is 11.4 Å². The first-order valence-electron chi connectivity index (χ1n) is 9.36. The van der Waals surface area contributed by atoms with E-state index in [2.05, 4.69) is 10.0 Å². The van der Waals surface area contributed by atoms with E-state index in [1.807, 2.05) is 52.0 Å². The number of nitrogens with one attached hydrogen (secondary N) is 2. The maximum absolute atomic E-state index is 13.0. The molecule has 0 aliphatic rings. The molecule has 0 heterocycles. The molecule has 1 amide bonds. The van der Waals surface area contributed by atoms with Gasteiger partial charge in [-0.25, -0.2) is 8.42 Å². The highest BCUT2D eigenvalue weighted by molar-refractivity contribution is 7.92. The number of hydrogen-bond donors (Lipinski definition) is 2. The minimum atomic E-state index is -3.99. The van der Waals surface area contributed by atoms with Crippen LogP contribution >= 0.6 is 11.6 Å². The smallest absolute Gasteiger partial charge is 0.263 e. The van der Waals surface area contributed by atoms with Gasteiger partial charge in [0.1, 0.15) is 4.90 Å². The molecule has 0 saturated carbocycles. The van der Waals surface area contributed by atoms with E-state index in [-0.39, 0.29) is 15.5 Å². The van der Waals surface area contributed by atoms with Crippen molar-refractivity contribution in [3.05, 3.63) is 87.4 Å². The number of halogens is 1. The second-order valence-electron chi connectivity index (χ2n) is 7.22. The predicted octanol–water partition coefficient (Wildman–Crippen LogP) is 5.63. The van der Waals surface area contributed by atoms with Gasteiger partial charge in [-0.15, -0.1) is 0 Å². The fourth-order valence-electron chi connectivity index (χ4n) is 3.11. The van der Waals surface area contributed by atoms with Gasteiger partial charge in [0.05, 0.1) is 10.7 Å². The zero-order valence-electron chi connectivity index (χ0n) is 17.2. The molecule has 30 heavy (non-hydrogen) atoms. The van der Waals surface area contributed by atoms with Crippen molar-refractivity contribution in [3.8, 4) is 0 Å². The van der Waals surface area contributed by atoms with Crippen molar-refractivity contribution in [2.75, 3.05) is 10.0 Å². The molecule has 0 atom stereocenters. The quantitative estimate of drug-likeness (QED) is 0.537. The van der Waals surface area contributed by atoms with E-state index in [0.717, 1.165) is 22.3 Å². The number of hydrogen-bond acceptors (Lipinski definition) is 3. The molecule has 0 unspecified atom stereocenters. The number of rotatable bonds is 5. The van der Waals surface area contributed by atoms with Gasteiger partial charge in [-0.3, -0.25) is 9.52 Å². The van der Waals surface area contributed by atoms with Gasteiger partial charge in [-0.05, 0) is 74.2 Å². The largest absolute Gasteiger partial charge is 0.322 e. The molecular formula is C23H23ClN2O3S. The molecule has 0 spiro atoms. The molecule has 0 aromatic heterocycles. The Hall–Kier alpha value is -2.83. The van der Waals surface area contributed by atoms with E-state index < -0.39 is 15.9 Å². The lowest BCUT2D eigenvalue weighted by molar-refractivity contribution is 0.102. The minimum absolute atomic E-state index is 0.0384. The van der Waals surface area contributed by atoms with Gasteiger partial charge in [0.15, 0.2) is 0 Å². The Morgan fingerprint density at radius 1 is 0.867 bits per heavy atom. The summed E-state index contributed by atoms with van der Waals surface area (Å²) >= 11 is 6.18. The van der Waals surface area contributed by atoms with Gasteiger partial charge in [0.2, 0.25) is 0 Å². The number of aryl methyl sites for hydroxylation is 3. The molecule has 156 valence electrons. The lowest BCUT2D eigenvalue weighted by Crippen LogP contribution is -2.17. The third kappa shape index (κ3) is 4.50. The van der Waals surface area contributed by atoms with Crippen molar-refractivity contribution in [1.82, 2.24) is 0 Å². The zero-order valence-corrected chi connectivity index (χ0v) is 18.8. The number of sulfonamides is 1. The average Bonchev–Trinajstić information content (AvgIpc) is 2.68. The second-order valence-corrected chi connectivity index (χ2v) is 9.28. The first kappa shape index (κ1) is 21.9. The van der Waals surface area contributed by atoms with Crippen LogP contribution in [-0.2, 0) is 10.0 Å². The van der Waals surface area contributed by atoms with Crippen LogP contribution in [0.25, 0.3) is 0 Å². The maximum Gasteiger partial charge on any atom is 0.263 e.